The molecule has 0 unspecified atom stereocenters. The van der Waals surface area contributed by atoms with Gasteiger partial charge >= 0.3 is 0 Å². The van der Waals surface area contributed by atoms with Crippen molar-refractivity contribution in [1.82, 2.24) is 15.1 Å². The number of halogens is 1. The first-order chi connectivity index (χ1) is 9.47. The van der Waals surface area contributed by atoms with Gasteiger partial charge in [-0.25, -0.2) is 4.68 Å². The predicted molar refractivity (Wildman–Crippen MR) is 77.2 cm³/mol. The molecule has 0 radical (unpaired) electrons. The lowest BCUT2D eigenvalue weighted by Gasteiger charge is -2.06. The molecule has 1 aromatic heterocycles. The molecule has 0 saturated carbocycles. The van der Waals surface area contributed by atoms with E-state index < -0.39 is 4.92 Å². The van der Waals surface area contributed by atoms with Crippen molar-refractivity contribution in [3.63, 3.8) is 0 Å². The number of hydrogen-bond acceptors (Lipinski definition) is 4. The number of benzene rings is 1. The van der Waals surface area contributed by atoms with Crippen LogP contribution in [0.15, 0.2) is 30.5 Å². The second-order valence-corrected chi connectivity index (χ2v) is 5.09. The van der Waals surface area contributed by atoms with Crippen LogP contribution in [0, 0.1) is 10.1 Å². The highest BCUT2D eigenvalue weighted by Gasteiger charge is 2.12. The summed E-state index contributed by atoms with van der Waals surface area (Å²) >= 11 is 6.07. The van der Waals surface area contributed by atoms with Crippen molar-refractivity contribution in [3.8, 4) is 5.69 Å². The van der Waals surface area contributed by atoms with Crippen molar-refractivity contribution in [2.75, 3.05) is 0 Å². The third-order valence-corrected chi connectivity index (χ3v) is 3.04. The summed E-state index contributed by atoms with van der Waals surface area (Å²) in [6, 6.07) is 6.50. The van der Waals surface area contributed by atoms with E-state index in [9.17, 15) is 10.1 Å². The van der Waals surface area contributed by atoms with Crippen LogP contribution < -0.4 is 5.32 Å². The second kappa shape index (κ2) is 6.02. The molecule has 0 amide bonds. The standard InChI is InChI=1S/C13H15ClN4O2/c1-9(2)15-8-10-5-6-17(16-10)13-7-11(18(19)20)3-4-12(13)14/h3-7,9,15H,8H2,1-2H3. The zero-order chi connectivity index (χ0) is 14.7. The van der Waals surface area contributed by atoms with Gasteiger partial charge in [-0.15, -0.1) is 0 Å². The van der Waals surface area contributed by atoms with Crippen LogP contribution in [0.1, 0.15) is 19.5 Å². The number of non-ortho nitro benzene ring substituents is 1. The van der Waals surface area contributed by atoms with Crippen LogP contribution in [0.3, 0.4) is 0 Å². The maximum absolute atomic E-state index is 10.8. The molecule has 106 valence electrons. The van der Waals surface area contributed by atoms with Gasteiger partial charge in [-0.1, -0.05) is 25.4 Å². The molecule has 1 aromatic carbocycles. The molecule has 1 heterocycles. The Morgan fingerprint density at radius 2 is 2.20 bits per heavy atom. The third-order valence-electron chi connectivity index (χ3n) is 2.72. The molecular formula is C13H15ClN4O2. The average molecular weight is 295 g/mol. The molecule has 0 bridgehead atoms. The number of nitro groups is 1. The zero-order valence-corrected chi connectivity index (χ0v) is 12.0. The van der Waals surface area contributed by atoms with Crippen molar-refractivity contribution in [3.05, 3.63) is 51.3 Å². The summed E-state index contributed by atoms with van der Waals surface area (Å²) in [4.78, 5) is 10.3. The Morgan fingerprint density at radius 1 is 1.45 bits per heavy atom. The van der Waals surface area contributed by atoms with Gasteiger partial charge in [0.15, 0.2) is 0 Å². The Balaban J connectivity index is 2.27. The molecule has 2 rings (SSSR count). The summed E-state index contributed by atoms with van der Waals surface area (Å²) in [5.74, 6) is 0. The van der Waals surface area contributed by atoms with Crippen LogP contribution in [0.4, 0.5) is 5.69 Å². The van der Waals surface area contributed by atoms with Crippen LogP contribution in [-0.4, -0.2) is 20.7 Å². The van der Waals surface area contributed by atoms with E-state index in [1.54, 1.807) is 10.9 Å². The van der Waals surface area contributed by atoms with E-state index in [1.165, 1.54) is 18.2 Å². The van der Waals surface area contributed by atoms with Crippen LogP contribution in [0.5, 0.6) is 0 Å². The fraction of sp³-hybridized carbons (Fsp3) is 0.308. The number of hydrogen-bond donors (Lipinski definition) is 1. The first-order valence-electron chi connectivity index (χ1n) is 6.19. The predicted octanol–water partition coefficient (Wildman–Crippen LogP) is 2.93. The first kappa shape index (κ1) is 14.5. The molecule has 7 heteroatoms. The fourth-order valence-electron chi connectivity index (χ4n) is 1.69. The van der Waals surface area contributed by atoms with E-state index in [1.807, 2.05) is 6.07 Å². The Hall–Kier alpha value is -1.92. The summed E-state index contributed by atoms with van der Waals surface area (Å²) in [7, 11) is 0. The van der Waals surface area contributed by atoms with E-state index in [-0.39, 0.29) is 5.69 Å². The number of aromatic nitrogens is 2. The minimum atomic E-state index is -0.454. The van der Waals surface area contributed by atoms with Crippen molar-refractivity contribution < 1.29 is 4.92 Å². The molecule has 20 heavy (non-hydrogen) atoms. The fourth-order valence-corrected chi connectivity index (χ4v) is 1.89. The molecule has 0 aliphatic heterocycles. The average Bonchev–Trinajstić information content (AvgIpc) is 2.85. The first-order valence-corrected chi connectivity index (χ1v) is 6.57. The number of nitrogens with one attached hydrogen (secondary N) is 1. The Bertz CT molecular complexity index is 625. The Kier molecular flexibility index (Phi) is 4.36. The van der Waals surface area contributed by atoms with Crippen LogP contribution in [-0.2, 0) is 6.54 Å². The molecule has 0 aliphatic carbocycles. The monoisotopic (exact) mass is 294 g/mol. The number of nitro benzene ring substituents is 1. The second-order valence-electron chi connectivity index (χ2n) is 4.68. The topological polar surface area (TPSA) is 73.0 Å². The highest BCUT2D eigenvalue weighted by molar-refractivity contribution is 6.32. The quantitative estimate of drug-likeness (QED) is 0.680. The van der Waals surface area contributed by atoms with Gasteiger partial charge in [0.2, 0.25) is 0 Å². The lowest BCUT2D eigenvalue weighted by molar-refractivity contribution is -0.384. The van der Waals surface area contributed by atoms with Crippen LogP contribution in [0.2, 0.25) is 5.02 Å². The Labute approximate surface area is 121 Å². The summed E-state index contributed by atoms with van der Waals surface area (Å²) < 4.78 is 1.55. The molecule has 0 atom stereocenters. The summed E-state index contributed by atoms with van der Waals surface area (Å²) in [6.45, 7) is 4.74. The van der Waals surface area contributed by atoms with Gasteiger partial charge in [0.1, 0.15) is 0 Å². The molecule has 0 aliphatic rings. The van der Waals surface area contributed by atoms with Gasteiger partial charge < -0.3 is 5.32 Å². The van der Waals surface area contributed by atoms with E-state index in [2.05, 4.69) is 24.3 Å². The lowest BCUT2D eigenvalue weighted by atomic mass is 10.3. The van der Waals surface area contributed by atoms with Crippen molar-refractivity contribution in [2.24, 2.45) is 0 Å². The van der Waals surface area contributed by atoms with E-state index in [0.717, 1.165) is 5.69 Å². The van der Waals surface area contributed by atoms with Crippen molar-refractivity contribution in [1.29, 1.82) is 0 Å². The molecule has 0 saturated heterocycles. The number of nitrogens with zero attached hydrogens (tertiary/aromatic N) is 3. The lowest BCUT2D eigenvalue weighted by Crippen LogP contribution is -2.22. The molecule has 6 nitrogen and oxygen atoms in total. The molecule has 0 fully saturated rings. The summed E-state index contributed by atoms with van der Waals surface area (Å²) in [6.07, 6.45) is 1.74. The van der Waals surface area contributed by atoms with Gasteiger partial charge in [-0.3, -0.25) is 10.1 Å². The number of rotatable bonds is 5. The van der Waals surface area contributed by atoms with E-state index in [0.29, 0.717) is 23.3 Å². The third kappa shape index (κ3) is 3.34. The van der Waals surface area contributed by atoms with Gasteiger partial charge in [0.25, 0.3) is 5.69 Å². The Morgan fingerprint density at radius 3 is 2.85 bits per heavy atom. The molecule has 0 spiro atoms. The van der Waals surface area contributed by atoms with Gasteiger partial charge in [-0.05, 0) is 12.1 Å². The minimum absolute atomic E-state index is 0.0123. The van der Waals surface area contributed by atoms with Gasteiger partial charge in [0, 0.05) is 30.9 Å². The molecular weight excluding hydrogens is 280 g/mol. The zero-order valence-electron chi connectivity index (χ0n) is 11.2. The molecule has 1 N–H and O–H groups in total. The SMILES string of the molecule is CC(C)NCc1ccn(-c2cc([N+](=O)[O-])ccc2Cl)n1. The minimum Gasteiger partial charge on any atom is -0.309 e. The largest absolute Gasteiger partial charge is 0.309 e. The summed E-state index contributed by atoms with van der Waals surface area (Å²) in [5, 5.41) is 18.8. The van der Waals surface area contributed by atoms with Crippen LogP contribution >= 0.6 is 11.6 Å². The summed E-state index contributed by atoms with van der Waals surface area (Å²) in [5.41, 5.74) is 1.33. The smallest absolute Gasteiger partial charge is 0.271 e. The molecule has 2 aromatic rings. The maximum atomic E-state index is 10.8. The van der Waals surface area contributed by atoms with Crippen LogP contribution in [0.25, 0.3) is 5.69 Å². The highest BCUT2D eigenvalue weighted by atomic mass is 35.5. The van der Waals surface area contributed by atoms with E-state index in [4.69, 9.17) is 11.6 Å². The van der Waals surface area contributed by atoms with Crippen molar-refractivity contribution in [2.45, 2.75) is 26.4 Å². The van der Waals surface area contributed by atoms with Crippen molar-refractivity contribution >= 4 is 17.3 Å². The van der Waals surface area contributed by atoms with Gasteiger partial charge in [-0.2, -0.15) is 5.10 Å². The van der Waals surface area contributed by atoms with E-state index >= 15 is 0 Å². The normalized spacial score (nSPS) is 11.0. The highest BCUT2D eigenvalue weighted by Crippen LogP contribution is 2.25. The maximum Gasteiger partial charge on any atom is 0.271 e. The van der Waals surface area contributed by atoms with Gasteiger partial charge in [0.05, 0.1) is 21.3 Å².